The van der Waals surface area contributed by atoms with Gasteiger partial charge in [0.05, 0.1) is 22.6 Å². The van der Waals surface area contributed by atoms with Gasteiger partial charge in [0.25, 0.3) is 5.91 Å². The Morgan fingerprint density at radius 1 is 1.03 bits per heavy atom. The van der Waals surface area contributed by atoms with Gasteiger partial charge < -0.3 is 14.8 Å². The average Bonchev–Trinajstić information content (AvgIpc) is 2.74. The molecular formula is C21H17ClN2O7S. The number of sulfone groups is 1. The van der Waals surface area contributed by atoms with Crippen LogP contribution in [0.4, 0.5) is 11.4 Å². The second kappa shape index (κ2) is 9.25. The Bertz CT molecular complexity index is 1310. The maximum absolute atomic E-state index is 12.7. The number of hydrogen-bond donors (Lipinski definition) is 1. The average molecular weight is 477 g/mol. The first-order chi connectivity index (χ1) is 15.1. The lowest BCUT2D eigenvalue weighted by Gasteiger charge is -2.13. The summed E-state index contributed by atoms with van der Waals surface area (Å²) in [5.74, 6) is -0.371. The second-order valence-corrected chi connectivity index (χ2v) is 8.98. The van der Waals surface area contributed by atoms with E-state index in [9.17, 15) is 23.3 Å². The van der Waals surface area contributed by atoms with E-state index in [4.69, 9.17) is 21.1 Å². The smallest absolute Gasteiger partial charge is 0.313 e. The van der Waals surface area contributed by atoms with Crippen molar-refractivity contribution in [1.29, 1.82) is 0 Å². The van der Waals surface area contributed by atoms with Crippen molar-refractivity contribution in [2.75, 3.05) is 18.7 Å². The highest BCUT2D eigenvalue weighted by Crippen LogP contribution is 2.38. The molecule has 0 spiro atoms. The van der Waals surface area contributed by atoms with Crippen molar-refractivity contribution in [3.63, 3.8) is 0 Å². The van der Waals surface area contributed by atoms with Gasteiger partial charge in [-0.3, -0.25) is 14.9 Å². The van der Waals surface area contributed by atoms with Crippen LogP contribution in [-0.4, -0.2) is 32.6 Å². The summed E-state index contributed by atoms with van der Waals surface area (Å²) in [6, 6.07) is 14.2. The first kappa shape index (κ1) is 23.0. The van der Waals surface area contributed by atoms with E-state index in [1.807, 2.05) is 0 Å². The van der Waals surface area contributed by atoms with Gasteiger partial charge in [0.2, 0.25) is 5.75 Å². The maximum atomic E-state index is 12.7. The standard InChI is InChI=1S/C21H17ClN2O7S/c1-30-19-11-13(21(25)23-15-5-3-4-6-20(15)32(2,28)29)7-9-18(19)31-17-10-8-14(22)12-16(17)24(26)27/h3-12H,1-2H3,(H,23,25). The third kappa shape index (κ3) is 5.16. The maximum Gasteiger partial charge on any atom is 0.313 e. The van der Waals surface area contributed by atoms with Crippen LogP contribution < -0.4 is 14.8 Å². The molecule has 0 radical (unpaired) electrons. The van der Waals surface area contributed by atoms with Gasteiger partial charge in [-0.2, -0.15) is 0 Å². The summed E-state index contributed by atoms with van der Waals surface area (Å²) in [7, 11) is -2.21. The number of para-hydroxylation sites is 1. The molecule has 0 heterocycles. The second-order valence-electron chi connectivity index (χ2n) is 6.56. The fourth-order valence-electron chi connectivity index (χ4n) is 2.82. The number of carbonyl (C=O) groups is 1. The number of nitro benzene ring substituents is 1. The molecule has 1 N–H and O–H groups in total. The van der Waals surface area contributed by atoms with Gasteiger partial charge in [-0.15, -0.1) is 0 Å². The number of halogens is 1. The van der Waals surface area contributed by atoms with E-state index in [1.54, 1.807) is 12.1 Å². The van der Waals surface area contributed by atoms with Gasteiger partial charge in [-0.05, 0) is 42.5 Å². The number of benzene rings is 3. The number of rotatable bonds is 7. The molecule has 0 unspecified atom stereocenters. The number of hydrogen-bond acceptors (Lipinski definition) is 7. The Morgan fingerprint density at radius 3 is 2.38 bits per heavy atom. The normalized spacial score (nSPS) is 11.0. The molecule has 3 rings (SSSR count). The predicted molar refractivity (Wildman–Crippen MR) is 119 cm³/mol. The van der Waals surface area contributed by atoms with Gasteiger partial charge in [0, 0.05) is 22.9 Å². The van der Waals surface area contributed by atoms with E-state index >= 15 is 0 Å². The van der Waals surface area contributed by atoms with Crippen molar-refractivity contribution >= 4 is 38.7 Å². The van der Waals surface area contributed by atoms with Crippen LogP contribution in [0.3, 0.4) is 0 Å². The lowest BCUT2D eigenvalue weighted by Crippen LogP contribution is -2.14. The molecule has 0 fully saturated rings. The summed E-state index contributed by atoms with van der Waals surface area (Å²) in [5.41, 5.74) is -0.0436. The monoisotopic (exact) mass is 476 g/mol. The molecule has 9 nitrogen and oxygen atoms in total. The number of amides is 1. The Morgan fingerprint density at radius 2 is 1.72 bits per heavy atom. The molecule has 0 saturated heterocycles. The van der Waals surface area contributed by atoms with Crippen LogP contribution in [0.2, 0.25) is 5.02 Å². The first-order valence-electron chi connectivity index (χ1n) is 9.00. The highest BCUT2D eigenvalue weighted by atomic mass is 35.5. The zero-order valence-electron chi connectivity index (χ0n) is 16.9. The molecule has 0 aliphatic carbocycles. The lowest BCUT2D eigenvalue weighted by molar-refractivity contribution is -0.385. The zero-order chi connectivity index (χ0) is 23.5. The minimum absolute atomic E-state index is 0.0182. The lowest BCUT2D eigenvalue weighted by atomic mass is 10.1. The molecule has 3 aromatic rings. The molecule has 32 heavy (non-hydrogen) atoms. The van der Waals surface area contributed by atoms with E-state index < -0.39 is 20.7 Å². The van der Waals surface area contributed by atoms with E-state index in [2.05, 4.69) is 5.32 Å². The number of nitrogens with one attached hydrogen (secondary N) is 1. The van der Waals surface area contributed by atoms with Crippen molar-refractivity contribution in [2.24, 2.45) is 0 Å². The zero-order valence-corrected chi connectivity index (χ0v) is 18.4. The summed E-state index contributed by atoms with van der Waals surface area (Å²) in [6.45, 7) is 0. The van der Waals surface area contributed by atoms with Crippen molar-refractivity contribution in [1.82, 2.24) is 0 Å². The third-order valence-corrected chi connectivity index (χ3v) is 5.69. The Hall–Kier alpha value is -3.63. The summed E-state index contributed by atoms with van der Waals surface area (Å²) < 4.78 is 34.8. The van der Waals surface area contributed by atoms with Crippen LogP contribution in [0.5, 0.6) is 17.2 Å². The minimum atomic E-state index is -3.55. The van der Waals surface area contributed by atoms with Gasteiger partial charge >= 0.3 is 5.69 Å². The number of ether oxygens (including phenoxy) is 2. The Kier molecular flexibility index (Phi) is 6.66. The first-order valence-corrected chi connectivity index (χ1v) is 11.3. The van der Waals surface area contributed by atoms with Gasteiger partial charge in [0.15, 0.2) is 21.3 Å². The van der Waals surface area contributed by atoms with Crippen LogP contribution in [0.15, 0.2) is 65.6 Å². The van der Waals surface area contributed by atoms with Gasteiger partial charge in [-0.1, -0.05) is 23.7 Å². The summed E-state index contributed by atoms with van der Waals surface area (Å²) in [6.07, 6.45) is 1.04. The third-order valence-electron chi connectivity index (χ3n) is 4.30. The van der Waals surface area contributed by atoms with E-state index in [1.165, 1.54) is 49.6 Å². The SMILES string of the molecule is COc1cc(C(=O)Nc2ccccc2S(C)(=O)=O)ccc1Oc1ccc(Cl)cc1[N+](=O)[O-]. The number of anilines is 1. The minimum Gasteiger partial charge on any atom is -0.493 e. The molecule has 166 valence electrons. The predicted octanol–water partition coefficient (Wildman–Crippen LogP) is 4.70. The largest absolute Gasteiger partial charge is 0.493 e. The summed E-state index contributed by atoms with van der Waals surface area (Å²) >= 11 is 5.82. The fraction of sp³-hybridized carbons (Fsp3) is 0.0952. The molecule has 3 aromatic carbocycles. The fourth-order valence-corrected chi connectivity index (χ4v) is 3.83. The number of carbonyl (C=O) groups excluding carboxylic acids is 1. The van der Waals surface area contributed by atoms with E-state index in [0.717, 1.165) is 12.3 Å². The van der Waals surface area contributed by atoms with E-state index in [-0.39, 0.29) is 44.1 Å². The highest BCUT2D eigenvalue weighted by molar-refractivity contribution is 7.90. The van der Waals surface area contributed by atoms with Crippen LogP contribution in [0, 0.1) is 10.1 Å². The molecule has 0 aliphatic rings. The van der Waals surface area contributed by atoms with Crippen molar-refractivity contribution < 1.29 is 27.6 Å². The summed E-state index contributed by atoms with van der Waals surface area (Å²) in [5, 5.41) is 14.0. The van der Waals surface area contributed by atoms with E-state index in [0.29, 0.717) is 0 Å². The number of nitrogens with zero attached hydrogens (tertiary/aromatic N) is 1. The molecule has 0 saturated carbocycles. The van der Waals surface area contributed by atoms with Crippen molar-refractivity contribution in [3.05, 3.63) is 81.4 Å². The van der Waals surface area contributed by atoms with Gasteiger partial charge in [-0.25, -0.2) is 8.42 Å². The molecule has 0 aliphatic heterocycles. The number of methoxy groups -OCH3 is 1. The van der Waals surface area contributed by atoms with Crippen LogP contribution >= 0.6 is 11.6 Å². The van der Waals surface area contributed by atoms with Crippen LogP contribution in [-0.2, 0) is 9.84 Å². The quantitative estimate of drug-likeness (QED) is 0.386. The Balaban J connectivity index is 1.90. The van der Waals surface area contributed by atoms with Crippen molar-refractivity contribution in [2.45, 2.75) is 4.90 Å². The van der Waals surface area contributed by atoms with Crippen LogP contribution in [0.25, 0.3) is 0 Å². The molecule has 0 atom stereocenters. The molecule has 1 amide bonds. The Labute approximate surface area is 188 Å². The molecular weight excluding hydrogens is 460 g/mol. The topological polar surface area (TPSA) is 125 Å². The van der Waals surface area contributed by atoms with Gasteiger partial charge in [0.1, 0.15) is 0 Å². The highest BCUT2D eigenvalue weighted by Gasteiger charge is 2.20. The molecule has 11 heteroatoms. The summed E-state index contributed by atoms with van der Waals surface area (Å²) in [4.78, 5) is 23.3. The van der Waals surface area contributed by atoms with Crippen molar-refractivity contribution in [3.8, 4) is 17.2 Å². The molecule has 0 aromatic heterocycles. The van der Waals surface area contributed by atoms with Crippen LogP contribution in [0.1, 0.15) is 10.4 Å². The molecule has 0 bridgehead atoms. The number of nitro groups is 1.